The van der Waals surface area contributed by atoms with Crippen LogP contribution in [0.25, 0.3) is 0 Å². The Bertz CT molecular complexity index is 696. The van der Waals surface area contributed by atoms with Crippen LogP contribution in [0.1, 0.15) is 21.7 Å². The molecule has 1 N–H and O–H groups in total. The summed E-state index contributed by atoms with van der Waals surface area (Å²) in [6.07, 6.45) is 0.547. The van der Waals surface area contributed by atoms with Crippen molar-refractivity contribution >= 4 is 44.6 Å². The number of hydrogen-bond acceptors (Lipinski definition) is 4. The predicted molar refractivity (Wildman–Crippen MR) is 83.1 cm³/mol. The summed E-state index contributed by atoms with van der Waals surface area (Å²) in [5, 5.41) is 12.4. The first-order valence-electron chi connectivity index (χ1n) is 6.08. The molecule has 0 spiro atoms. The molecular formula is C14H11BrN2O2S. The van der Waals surface area contributed by atoms with Crippen LogP contribution in [0.3, 0.4) is 0 Å². The summed E-state index contributed by atoms with van der Waals surface area (Å²) in [6.45, 7) is 0.519. The molecule has 1 aromatic carbocycles. The Morgan fingerprint density at radius 3 is 2.80 bits per heavy atom. The number of carbonyl (C=O) groups is 1. The number of thiophene rings is 1. The summed E-state index contributed by atoms with van der Waals surface area (Å²) in [5.74, 6) is -0.0230. The lowest BCUT2D eigenvalue weighted by atomic mass is 9.99. The molecule has 0 bridgehead atoms. The predicted octanol–water partition coefficient (Wildman–Crippen LogP) is 3.74. The molecular weight excluding hydrogens is 340 g/mol. The third kappa shape index (κ3) is 2.25. The SMILES string of the molecule is O=C(c1ccc(Br)s1)N1CCC(=NO)c2ccccc21. The molecule has 3 rings (SSSR count). The average Bonchev–Trinajstić information content (AvgIpc) is 2.92. The highest BCUT2D eigenvalue weighted by molar-refractivity contribution is 9.11. The zero-order chi connectivity index (χ0) is 14.1. The molecule has 0 saturated heterocycles. The van der Waals surface area contributed by atoms with Gasteiger partial charge in [0.15, 0.2) is 0 Å². The van der Waals surface area contributed by atoms with Crippen LogP contribution in [0, 0.1) is 0 Å². The highest BCUT2D eigenvalue weighted by Crippen LogP contribution is 2.31. The second kappa shape index (κ2) is 5.38. The number of oxime groups is 1. The zero-order valence-electron chi connectivity index (χ0n) is 10.4. The van der Waals surface area contributed by atoms with Gasteiger partial charge in [-0.3, -0.25) is 4.79 Å². The minimum absolute atomic E-state index is 0.0230. The van der Waals surface area contributed by atoms with Crippen molar-refractivity contribution in [3.63, 3.8) is 0 Å². The molecule has 1 aliphatic rings. The van der Waals surface area contributed by atoms with Gasteiger partial charge in [-0.05, 0) is 34.1 Å². The van der Waals surface area contributed by atoms with Gasteiger partial charge in [0, 0.05) is 18.5 Å². The number of anilines is 1. The quantitative estimate of drug-likeness (QED) is 0.629. The van der Waals surface area contributed by atoms with E-state index in [1.165, 1.54) is 11.3 Å². The lowest BCUT2D eigenvalue weighted by Crippen LogP contribution is -2.37. The van der Waals surface area contributed by atoms with Crippen LogP contribution in [0.4, 0.5) is 5.69 Å². The third-order valence-electron chi connectivity index (χ3n) is 3.23. The van der Waals surface area contributed by atoms with Crippen LogP contribution < -0.4 is 4.90 Å². The first kappa shape index (κ1) is 13.3. The monoisotopic (exact) mass is 350 g/mol. The van der Waals surface area contributed by atoms with Gasteiger partial charge in [0.1, 0.15) is 0 Å². The summed E-state index contributed by atoms with van der Waals surface area (Å²) in [7, 11) is 0. The molecule has 102 valence electrons. The topological polar surface area (TPSA) is 52.9 Å². The third-order valence-corrected chi connectivity index (χ3v) is 4.84. The summed E-state index contributed by atoms with van der Waals surface area (Å²) in [5.41, 5.74) is 2.23. The number of amides is 1. The van der Waals surface area contributed by atoms with E-state index in [2.05, 4.69) is 21.1 Å². The summed E-state index contributed by atoms with van der Waals surface area (Å²) in [4.78, 5) is 15.0. The maximum atomic E-state index is 12.6. The van der Waals surface area contributed by atoms with Crippen molar-refractivity contribution in [3.8, 4) is 0 Å². The Labute approximate surface area is 128 Å². The van der Waals surface area contributed by atoms with E-state index in [1.54, 1.807) is 4.90 Å². The summed E-state index contributed by atoms with van der Waals surface area (Å²) < 4.78 is 0.934. The van der Waals surface area contributed by atoms with Gasteiger partial charge in [0.25, 0.3) is 5.91 Å². The number of halogens is 1. The summed E-state index contributed by atoms with van der Waals surface area (Å²) >= 11 is 4.79. The van der Waals surface area contributed by atoms with Crippen LogP contribution >= 0.6 is 27.3 Å². The number of hydrogen-bond donors (Lipinski definition) is 1. The Kier molecular flexibility index (Phi) is 3.58. The second-order valence-corrected chi connectivity index (χ2v) is 6.84. The van der Waals surface area contributed by atoms with Crippen molar-refractivity contribution in [3.05, 3.63) is 50.6 Å². The van der Waals surface area contributed by atoms with E-state index < -0.39 is 0 Å². The van der Waals surface area contributed by atoms with Crippen molar-refractivity contribution in [2.45, 2.75) is 6.42 Å². The number of benzene rings is 1. The molecule has 2 aromatic rings. The molecule has 0 saturated carbocycles. The van der Waals surface area contributed by atoms with Gasteiger partial charge < -0.3 is 10.1 Å². The largest absolute Gasteiger partial charge is 0.411 e. The van der Waals surface area contributed by atoms with Crippen molar-refractivity contribution in [2.24, 2.45) is 5.16 Å². The second-order valence-electron chi connectivity index (χ2n) is 4.37. The number of para-hydroxylation sites is 1. The fourth-order valence-electron chi connectivity index (χ4n) is 2.30. The Morgan fingerprint density at radius 1 is 1.30 bits per heavy atom. The zero-order valence-corrected chi connectivity index (χ0v) is 12.8. The maximum absolute atomic E-state index is 12.6. The molecule has 0 atom stereocenters. The van der Waals surface area contributed by atoms with Crippen molar-refractivity contribution in [1.29, 1.82) is 0 Å². The molecule has 20 heavy (non-hydrogen) atoms. The molecule has 0 radical (unpaired) electrons. The van der Waals surface area contributed by atoms with E-state index in [-0.39, 0.29) is 5.91 Å². The van der Waals surface area contributed by atoms with Gasteiger partial charge in [-0.2, -0.15) is 0 Å². The molecule has 1 amide bonds. The molecule has 0 unspecified atom stereocenters. The Hall–Kier alpha value is -1.66. The number of carbonyl (C=O) groups excluding carboxylic acids is 1. The lowest BCUT2D eigenvalue weighted by molar-refractivity contribution is 0.0991. The van der Waals surface area contributed by atoms with Crippen molar-refractivity contribution in [1.82, 2.24) is 0 Å². The minimum atomic E-state index is -0.0230. The molecule has 1 aromatic heterocycles. The van der Waals surface area contributed by atoms with E-state index in [1.807, 2.05) is 36.4 Å². The van der Waals surface area contributed by atoms with E-state index in [0.717, 1.165) is 15.0 Å². The minimum Gasteiger partial charge on any atom is -0.411 e. The van der Waals surface area contributed by atoms with Gasteiger partial charge in [0.2, 0.25) is 0 Å². The van der Waals surface area contributed by atoms with Gasteiger partial charge >= 0.3 is 0 Å². The summed E-state index contributed by atoms with van der Waals surface area (Å²) in [6, 6.07) is 11.2. The molecule has 6 heteroatoms. The smallest absolute Gasteiger partial charge is 0.268 e. The van der Waals surface area contributed by atoms with Crippen molar-refractivity contribution in [2.75, 3.05) is 11.4 Å². The van der Waals surface area contributed by atoms with Gasteiger partial charge in [-0.15, -0.1) is 11.3 Å². The van der Waals surface area contributed by atoms with Crippen LogP contribution in [0.15, 0.2) is 45.3 Å². The van der Waals surface area contributed by atoms with Crippen LogP contribution in [0.2, 0.25) is 0 Å². The first-order chi connectivity index (χ1) is 9.70. The lowest BCUT2D eigenvalue weighted by Gasteiger charge is -2.29. The maximum Gasteiger partial charge on any atom is 0.268 e. The van der Waals surface area contributed by atoms with Gasteiger partial charge in [0.05, 0.1) is 20.1 Å². The van der Waals surface area contributed by atoms with Crippen LogP contribution in [-0.4, -0.2) is 23.4 Å². The van der Waals surface area contributed by atoms with E-state index >= 15 is 0 Å². The molecule has 2 heterocycles. The Morgan fingerprint density at radius 2 is 2.10 bits per heavy atom. The van der Waals surface area contributed by atoms with Gasteiger partial charge in [-0.1, -0.05) is 23.4 Å². The van der Waals surface area contributed by atoms with Crippen molar-refractivity contribution < 1.29 is 10.0 Å². The normalized spacial score (nSPS) is 16.2. The average molecular weight is 351 g/mol. The highest BCUT2D eigenvalue weighted by Gasteiger charge is 2.27. The molecule has 4 nitrogen and oxygen atoms in total. The molecule has 1 aliphatic heterocycles. The first-order valence-corrected chi connectivity index (χ1v) is 7.69. The Balaban J connectivity index is 2.02. The van der Waals surface area contributed by atoms with E-state index in [4.69, 9.17) is 5.21 Å². The van der Waals surface area contributed by atoms with Crippen LogP contribution in [-0.2, 0) is 0 Å². The standard InChI is InChI=1S/C14H11BrN2O2S/c15-13-6-5-12(20-13)14(18)17-8-7-10(16-19)9-3-1-2-4-11(9)17/h1-6,19H,7-8H2. The van der Waals surface area contributed by atoms with E-state index in [0.29, 0.717) is 23.6 Å². The fraction of sp³-hybridized carbons (Fsp3) is 0.143. The highest BCUT2D eigenvalue weighted by atomic mass is 79.9. The number of fused-ring (bicyclic) bond motifs is 1. The fourth-order valence-corrected chi connectivity index (χ4v) is 3.64. The van der Waals surface area contributed by atoms with Crippen LogP contribution in [0.5, 0.6) is 0 Å². The number of rotatable bonds is 1. The number of nitrogens with zero attached hydrogens (tertiary/aromatic N) is 2. The van der Waals surface area contributed by atoms with Gasteiger partial charge in [-0.25, -0.2) is 0 Å². The molecule has 0 aliphatic carbocycles. The van der Waals surface area contributed by atoms with E-state index in [9.17, 15) is 4.79 Å². The molecule has 0 fully saturated rings.